The Kier molecular flexibility index (Phi) is 8.82. The minimum atomic E-state index is -2.26. The Hall–Kier alpha value is -4.22. The quantitative estimate of drug-likeness (QED) is 0.118. The van der Waals surface area contributed by atoms with Crippen LogP contribution in [-0.2, 0) is 31.9 Å². The van der Waals surface area contributed by atoms with Gasteiger partial charge in [0.2, 0.25) is 5.71 Å². The largest absolute Gasteiger partial charge is 0.486 e. The summed E-state index contributed by atoms with van der Waals surface area (Å²) in [7, 11) is -1.87. The molecule has 4 heterocycles. The second-order valence-electron chi connectivity index (χ2n) is 15.3. The molecule has 4 nitrogen and oxygen atoms in total. The number of benzene rings is 3. The molecule has 1 aliphatic carbocycles. The van der Waals surface area contributed by atoms with E-state index >= 15 is 0 Å². The number of pyridine rings is 3. The van der Waals surface area contributed by atoms with E-state index in [1.807, 2.05) is 30.5 Å². The van der Waals surface area contributed by atoms with Gasteiger partial charge in [0.25, 0.3) is 0 Å². The summed E-state index contributed by atoms with van der Waals surface area (Å²) in [6.07, 6.45) is 7.21. The molecule has 1 fully saturated rings. The summed E-state index contributed by atoms with van der Waals surface area (Å²) in [6.45, 7) is 6.75. The molecule has 0 bridgehead atoms. The van der Waals surface area contributed by atoms with Gasteiger partial charge in [0, 0.05) is 54.5 Å². The first kappa shape index (κ1) is 29.2. The van der Waals surface area contributed by atoms with E-state index < -0.39 is 28.2 Å². The molecule has 0 unspecified atom stereocenters. The van der Waals surface area contributed by atoms with Crippen molar-refractivity contribution in [3.8, 4) is 22.5 Å². The zero-order chi connectivity index (χ0) is 43.3. The first-order valence-corrected chi connectivity index (χ1v) is 21.5. The monoisotopic (exact) mass is 900 g/mol. The Morgan fingerprint density at radius 3 is 2.34 bits per heavy atom. The molecule has 3 aromatic carbocycles. The van der Waals surface area contributed by atoms with E-state index in [1.54, 1.807) is 54.7 Å². The first-order valence-electron chi connectivity index (χ1n) is 22.0. The van der Waals surface area contributed by atoms with Gasteiger partial charge in [0.15, 0.2) is 0 Å². The van der Waals surface area contributed by atoms with Crippen LogP contribution in [0.1, 0.15) is 78.4 Å². The molecule has 4 aromatic heterocycles. The standard InChI is InChI=1S/C25H25N2O.C22H24NSi.Ir/c1-16-8-10-20-21-14-17(9-11-23(21)28-24(20)27-16)22-15-19(12-13-26-22)25(2,3)18-6-4-5-7-18;1-17-10-12-19(13-11-17)21-15-20(14-18-8-6-5-7-9-18)22(16-23-21)24(2,3)4;/h8,10-15,18H,4-7H2,1-3H3;5-12,15-16H,14H2,1-4H3;/q2*-1;/i1D3;1D3,14D2;. The number of hydrogen-bond donors (Lipinski definition) is 0. The normalized spacial score (nSPS) is 16.5. The Bertz CT molecular complexity index is 2630. The fraction of sp³-hybridized carbons (Fsp3) is 0.298. The van der Waals surface area contributed by atoms with E-state index in [1.165, 1.54) is 37.3 Å². The summed E-state index contributed by atoms with van der Waals surface area (Å²) in [5, 5.41) is 2.64. The van der Waals surface area contributed by atoms with Crippen LogP contribution >= 0.6 is 0 Å². The molecule has 1 saturated carbocycles. The van der Waals surface area contributed by atoms with E-state index in [4.69, 9.17) is 15.4 Å². The van der Waals surface area contributed by atoms with Gasteiger partial charge in [-0.05, 0) is 83.3 Å². The Balaban J connectivity index is 0.000000201. The summed E-state index contributed by atoms with van der Waals surface area (Å²) in [6, 6.07) is 33.3. The molecule has 273 valence electrons. The molecule has 7 aromatic rings. The van der Waals surface area contributed by atoms with E-state index in [-0.39, 0.29) is 36.8 Å². The zero-order valence-corrected chi connectivity index (χ0v) is 34.2. The van der Waals surface area contributed by atoms with Crippen LogP contribution in [0, 0.1) is 31.8 Å². The van der Waals surface area contributed by atoms with Crippen LogP contribution in [0.3, 0.4) is 0 Å². The van der Waals surface area contributed by atoms with Crippen molar-refractivity contribution in [3.63, 3.8) is 0 Å². The van der Waals surface area contributed by atoms with Gasteiger partial charge in [-0.25, -0.2) is 4.98 Å². The summed E-state index contributed by atoms with van der Waals surface area (Å²) in [5.74, 6) is 0.700. The van der Waals surface area contributed by atoms with Crippen LogP contribution in [0.15, 0.2) is 108 Å². The van der Waals surface area contributed by atoms with Crippen molar-refractivity contribution >= 4 is 35.3 Å². The van der Waals surface area contributed by atoms with Crippen molar-refractivity contribution in [2.75, 3.05) is 0 Å². The molecule has 53 heavy (non-hydrogen) atoms. The fourth-order valence-corrected chi connectivity index (χ4v) is 8.57. The maximum Gasteiger partial charge on any atom is 0.216 e. The number of rotatable bonds is 7. The molecule has 1 radical (unpaired) electrons. The van der Waals surface area contributed by atoms with Gasteiger partial charge in [-0.1, -0.05) is 107 Å². The van der Waals surface area contributed by atoms with Crippen LogP contribution in [0.25, 0.3) is 44.6 Å². The second kappa shape index (κ2) is 16.0. The van der Waals surface area contributed by atoms with Crippen molar-refractivity contribution in [2.45, 2.75) is 84.7 Å². The Morgan fingerprint density at radius 1 is 0.849 bits per heavy atom. The predicted molar refractivity (Wildman–Crippen MR) is 219 cm³/mol. The Labute approximate surface area is 341 Å². The van der Waals surface area contributed by atoms with Crippen molar-refractivity contribution in [2.24, 2.45) is 5.92 Å². The third-order valence-corrected chi connectivity index (χ3v) is 12.3. The third-order valence-electron chi connectivity index (χ3n) is 10.3. The molecule has 0 N–H and O–H groups in total. The van der Waals surface area contributed by atoms with Crippen molar-refractivity contribution in [3.05, 3.63) is 143 Å². The number of furan rings is 1. The molecule has 0 amide bonds. The SMILES string of the molecule is [2H]C([2H])([2H])c1c[c-]c(-c2cc(C([2H])([2H])c3ccccc3)c([Si](C)(C)C)cn2)cc1.[2H]C([2H])([2H])c1ccc2c(n1)oc1c[c-]c(-c3cc(C(C)(C)C4CCCC4)ccn3)cc12.[Ir]. The molecular weight excluding hydrogens is 843 g/mol. The summed E-state index contributed by atoms with van der Waals surface area (Å²) >= 11 is 0. The maximum absolute atomic E-state index is 8.88. The molecule has 8 rings (SSSR count). The molecular formula is C47H49IrN3OSi-2. The topological polar surface area (TPSA) is 51.8 Å². The molecule has 0 aliphatic heterocycles. The average molecular weight is 900 g/mol. The van der Waals surface area contributed by atoms with Crippen LogP contribution in [-0.4, -0.2) is 23.0 Å². The van der Waals surface area contributed by atoms with Gasteiger partial charge >= 0.3 is 0 Å². The van der Waals surface area contributed by atoms with Gasteiger partial charge in [0.05, 0.1) is 13.7 Å². The minimum absolute atomic E-state index is 0. The van der Waals surface area contributed by atoms with Gasteiger partial charge < -0.3 is 14.4 Å². The number of fused-ring (bicyclic) bond motifs is 3. The number of nitrogens with zero attached hydrogens (tertiary/aromatic N) is 3. The molecule has 1 aliphatic rings. The van der Waals surface area contributed by atoms with E-state index in [0.717, 1.165) is 27.2 Å². The van der Waals surface area contributed by atoms with E-state index in [9.17, 15) is 0 Å². The predicted octanol–water partition coefficient (Wildman–Crippen LogP) is 11.6. The maximum atomic E-state index is 8.88. The van der Waals surface area contributed by atoms with Gasteiger partial charge in [-0.3, -0.25) is 0 Å². The Morgan fingerprint density at radius 2 is 1.62 bits per heavy atom. The summed E-state index contributed by atoms with van der Waals surface area (Å²) in [5.41, 5.74) is 6.84. The van der Waals surface area contributed by atoms with E-state index in [2.05, 4.69) is 72.7 Å². The van der Waals surface area contributed by atoms with E-state index in [0.29, 0.717) is 39.6 Å². The van der Waals surface area contributed by atoms with Gasteiger partial charge in [-0.15, -0.1) is 59.2 Å². The third kappa shape index (κ3) is 8.62. The fourth-order valence-electron chi connectivity index (χ4n) is 7.18. The molecule has 0 spiro atoms. The van der Waals surface area contributed by atoms with Gasteiger partial charge in [0.1, 0.15) is 0 Å². The summed E-state index contributed by atoms with van der Waals surface area (Å²) in [4.78, 5) is 13.4. The number of aryl methyl sites for hydroxylation is 2. The van der Waals surface area contributed by atoms with Crippen molar-refractivity contribution < 1.29 is 35.5 Å². The minimum Gasteiger partial charge on any atom is -0.486 e. The summed E-state index contributed by atoms with van der Waals surface area (Å²) < 4.78 is 68.8. The smallest absolute Gasteiger partial charge is 0.216 e. The van der Waals surface area contributed by atoms with Gasteiger partial charge in [-0.2, -0.15) is 0 Å². The van der Waals surface area contributed by atoms with Crippen LogP contribution in [0.2, 0.25) is 19.6 Å². The second-order valence-corrected chi connectivity index (χ2v) is 20.3. The van der Waals surface area contributed by atoms with Crippen molar-refractivity contribution in [1.29, 1.82) is 0 Å². The zero-order valence-electron chi connectivity index (χ0n) is 38.8. The van der Waals surface area contributed by atoms with Crippen molar-refractivity contribution in [1.82, 2.24) is 15.0 Å². The first-order chi connectivity index (χ1) is 28.1. The molecule has 6 heteroatoms. The number of aromatic nitrogens is 3. The number of hydrogen-bond acceptors (Lipinski definition) is 4. The molecule has 0 saturated heterocycles. The van der Waals surface area contributed by atoms with Crippen LogP contribution < -0.4 is 5.19 Å². The van der Waals surface area contributed by atoms with Crippen LogP contribution in [0.5, 0.6) is 0 Å². The average Bonchev–Trinajstić information content (AvgIpc) is 3.89. The van der Waals surface area contributed by atoms with Crippen LogP contribution in [0.4, 0.5) is 0 Å². The molecule has 0 atom stereocenters.